The third-order valence-corrected chi connectivity index (χ3v) is 7.98. The summed E-state index contributed by atoms with van der Waals surface area (Å²) in [6.45, 7) is 3.71. The molecule has 4 aromatic rings. The molecule has 0 bridgehead atoms. The maximum Gasteiger partial charge on any atom is 0.319 e. The number of methoxy groups -OCH3 is 2. The summed E-state index contributed by atoms with van der Waals surface area (Å²) in [5, 5.41) is 5.47. The maximum atomic E-state index is 16.4. The highest BCUT2D eigenvalue weighted by molar-refractivity contribution is 5.99. The molecule has 0 unspecified atom stereocenters. The van der Waals surface area contributed by atoms with Gasteiger partial charge in [-0.05, 0) is 61.7 Å². The standard InChI is InChI=1S/C30H34FN5O4/c1-37-14-11-32-28-24-17-33-26(23-16-21(40-19-38-2)15-20-7-3-4-8-22(20)23)25(31)27(24)34-29(35-28)39-18-30-9-5-12-36(30)13-6-10-30/h3-4,7-8,15-17H,5-6,9-14,18-19H2,1-2H3,(H,32,34,35). The average molecular weight is 548 g/mol. The van der Waals surface area contributed by atoms with Gasteiger partial charge < -0.3 is 24.3 Å². The summed E-state index contributed by atoms with van der Waals surface area (Å²) in [5.74, 6) is 0.474. The van der Waals surface area contributed by atoms with Crippen LogP contribution in [-0.2, 0) is 9.47 Å². The first kappa shape index (κ1) is 26.6. The van der Waals surface area contributed by atoms with E-state index in [-0.39, 0.29) is 29.6 Å². The van der Waals surface area contributed by atoms with Gasteiger partial charge in [-0.1, -0.05) is 24.3 Å². The summed E-state index contributed by atoms with van der Waals surface area (Å²) in [7, 11) is 3.19. The highest BCUT2D eigenvalue weighted by Crippen LogP contribution is 2.40. The Bertz CT molecular complexity index is 1510. The Hall–Kier alpha value is -3.60. The van der Waals surface area contributed by atoms with Crippen molar-refractivity contribution in [1.82, 2.24) is 19.9 Å². The lowest BCUT2D eigenvalue weighted by molar-refractivity contribution is 0.0512. The number of ether oxygens (including phenoxy) is 4. The summed E-state index contributed by atoms with van der Waals surface area (Å²) >= 11 is 0. The average Bonchev–Trinajstić information content (AvgIpc) is 3.56. The van der Waals surface area contributed by atoms with Crippen molar-refractivity contribution >= 4 is 27.5 Å². The van der Waals surface area contributed by atoms with Crippen molar-refractivity contribution in [3.05, 3.63) is 48.4 Å². The number of rotatable bonds is 11. The highest BCUT2D eigenvalue weighted by atomic mass is 19.1. The van der Waals surface area contributed by atoms with E-state index in [0.717, 1.165) is 49.5 Å². The Morgan fingerprint density at radius 1 is 1.00 bits per heavy atom. The topological polar surface area (TPSA) is 90.9 Å². The van der Waals surface area contributed by atoms with Gasteiger partial charge in [0.15, 0.2) is 12.6 Å². The number of benzene rings is 2. The minimum absolute atomic E-state index is 0.0193. The maximum absolute atomic E-state index is 16.4. The molecule has 2 saturated heterocycles. The first-order valence-electron chi connectivity index (χ1n) is 13.7. The van der Waals surface area contributed by atoms with Crippen molar-refractivity contribution in [2.45, 2.75) is 31.2 Å². The van der Waals surface area contributed by atoms with Crippen molar-refractivity contribution in [2.75, 3.05) is 59.2 Å². The first-order chi connectivity index (χ1) is 19.6. The van der Waals surface area contributed by atoms with E-state index >= 15 is 4.39 Å². The molecule has 1 N–H and O–H groups in total. The van der Waals surface area contributed by atoms with Crippen LogP contribution in [0.3, 0.4) is 0 Å². The molecule has 4 heterocycles. The molecular formula is C30H34FN5O4. The summed E-state index contributed by atoms with van der Waals surface area (Å²) < 4.78 is 38.6. The Kier molecular flexibility index (Phi) is 7.64. The number of nitrogens with one attached hydrogen (secondary N) is 1. The molecule has 2 aliphatic rings. The van der Waals surface area contributed by atoms with E-state index in [0.29, 0.717) is 42.3 Å². The molecule has 2 aliphatic heterocycles. The van der Waals surface area contributed by atoms with Crippen LogP contribution in [0, 0.1) is 5.82 Å². The quantitative estimate of drug-likeness (QED) is 0.205. The van der Waals surface area contributed by atoms with Gasteiger partial charge in [0.25, 0.3) is 0 Å². The van der Waals surface area contributed by atoms with E-state index in [4.69, 9.17) is 18.9 Å². The highest BCUT2D eigenvalue weighted by Gasteiger charge is 2.45. The second kappa shape index (κ2) is 11.5. The zero-order valence-corrected chi connectivity index (χ0v) is 22.9. The van der Waals surface area contributed by atoms with Crippen molar-refractivity contribution < 1.29 is 23.3 Å². The van der Waals surface area contributed by atoms with Crippen LogP contribution in [-0.4, -0.2) is 79.3 Å². The zero-order valence-electron chi connectivity index (χ0n) is 22.9. The number of fused-ring (bicyclic) bond motifs is 3. The Morgan fingerprint density at radius 2 is 1.82 bits per heavy atom. The monoisotopic (exact) mass is 547 g/mol. The van der Waals surface area contributed by atoms with Crippen LogP contribution in [0.5, 0.6) is 11.8 Å². The molecule has 6 rings (SSSR count). The SMILES string of the molecule is COCCNc1nc(OCC23CCCN2CCC3)nc2c(F)c(-c3cc(OCOC)cc4ccccc34)ncc12. The molecule has 2 aromatic carbocycles. The Labute approximate surface area is 232 Å². The normalized spacial score (nSPS) is 16.5. The zero-order chi connectivity index (χ0) is 27.5. The van der Waals surface area contributed by atoms with E-state index in [1.54, 1.807) is 26.5 Å². The molecule has 0 spiro atoms. The largest absolute Gasteiger partial charge is 0.468 e. The van der Waals surface area contributed by atoms with Gasteiger partial charge in [0.1, 0.15) is 29.4 Å². The van der Waals surface area contributed by atoms with Gasteiger partial charge in [-0.2, -0.15) is 9.97 Å². The van der Waals surface area contributed by atoms with Gasteiger partial charge in [-0.25, -0.2) is 4.39 Å². The van der Waals surface area contributed by atoms with Crippen LogP contribution in [0.1, 0.15) is 25.7 Å². The molecule has 0 saturated carbocycles. The van der Waals surface area contributed by atoms with Crippen LogP contribution in [0.2, 0.25) is 0 Å². The Balaban J connectivity index is 1.43. The number of hydrogen-bond acceptors (Lipinski definition) is 9. The van der Waals surface area contributed by atoms with Crippen molar-refractivity contribution in [1.29, 1.82) is 0 Å². The van der Waals surface area contributed by atoms with Crippen molar-refractivity contribution in [3.8, 4) is 23.0 Å². The van der Waals surface area contributed by atoms with Gasteiger partial charge >= 0.3 is 6.01 Å². The molecule has 210 valence electrons. The summed E-state index contributed by atoms with van der Waals surface area (Å²) in [5.41, 5.74) is 0.945. The van der Waals surface area contributed by atoms with Gasteiger partial charge in [-0.15, -0.1) is 0 Å². The predicted molar refractivity (Wildman–Crippen MR) is 151 cm³/mol. The molecule has 0 atom stereocenters. The van der Waals surface area contributed by atoms with Gasteiger partial charge in [0, 0.05) is 32.5 Å². The second-order valence-electron chi connectivity index (χ2n) is 10.4. The number of hydrogen-bond donors (Lipinski definition) is 1. The third-order valence-electron chi connectivity index (χ3n) is 7.98. The van der Waals surface area contributed by atoms with Gasteiger partial charge in [-0.3, -0.25) is 9.88 Å². The van der Waals surface area contributed by atoms with E-state index < -0.39 is 5.82 Å². The molecular weight excluding hydrogens is 513 g/mol. The number of pyridine rings is 1. The second-order valence-corrected chi connectivity index (χ2v) is 10.4. The lowest BCUT2D eigenvalue weighted by Gasteiger charge is -2.31. The van der Waals surface area contributed by atoms with Crippen LogP contribution < -0.4 is 14.8 Å². The van der Waals surface area contributed by atoms with E-state index in [1.807, 2.05) is 30.3 Å². The van der Waals surface area contributed by atoms with Gasteiger partial charge in [0.05, 0.1) is 17.5 Å². The number of nitrogens with zero attached hydrogens (tertiary/aromatic N) is 4. The van der Waals surface area contributed by atoms with E-state index in [9.17, 15) is 0 Å². The molecule has 0 radical (unpaired) electrons. The third kappa shape index (κ3) is 5.02. The van der Waals surface area contributed by atoms with Gasteiger partial charge in [0.2, 0.25) is 0 Å². The molecule has 9 nitrogen and oxygen atoms in total. The van der Waals surface area contributed by atoms with E-state index in [1.165, 1.54) is 0 Å². The molecule has 2 fully saturated rings. The lowest BCUT2D eigenvalue weighted by Crippen LogP contribution is -2.43. The summed E-state index contributed by atoms with van der Waals surface area (Å²) in [6, 6.07) is 11.6. The molecule has 40 heavy (non-hydrogen) atoms. The molecule has 0 amide bonds. The fraction of sp³-hybridized carbons (Fsp3) is 0.433. The van der Waals surface area contributed by atoms with Crippen LogP contribution >= 0.6 is 0 Å². The van der Waals surface area contributed by atoms with E-state index in [2.05, 4.69) is 25.2 Å². The molecule has 0 aliphatic carbocycles. The number of aromatic nitrogens is 3. The van der Waals surface area contributed by atoms with Crippen molar-refractivity contribution in [2.24, 2.45) is 0 Å². The summed E-state index contributed by atoms with van der Waals surface area (Å²) in [4.78, 5) is 16.3. The van der Waals surface area contributed by atoms with Crippen LogP contribution in [0.4, 0.5) is 10.2 Å². The molecule has 2 aromatic heterocycles. The van der Waals surface area contributed by atoms with Crippen LogP contribution in [0.15, 0.2) is 42.6 Å². The Morgan fingerprint density at radius 3 is 2.62 bits per heavy atom. The summed E-state index contributed by atoms with van der Waals surface area (Å²) in [6.07, 6.45) is 6.12. The molecule has 10 heteroatoms. The van der Waals surface area contributed by atoms with Crippen molar-refractivity contribution in [3.63, 3.8) is 0 Å². The fourth-order valence-corrected chi connectivity index (χ4v) is 6.04. The minimum atomic E-state index is -0.546. The first-order valence-corrected chi connectivity index (χ1v) is 13.7. The smallest absolute Gasteiger partial charge is 0.319 e. The number of anilines is 1. The fourth-order valence-electron chi connectivity index (χ4n) is 6.04. The number of halogens is 1. The minimum Gasteiger partial charge on any atom is -0.468 e. The lowest BCUT2D eigenvalue weighted by atomic mass is 9.95. The van der Waals surface area contributed by atoms with Crippen LogP contribution in [0.25, 0.3) is 32.9 Å². The predicted octanol–water partition coefficient (Wildman–Crippen LogP) is 5.03.